The first kappa shape index (κ1) is 11.8. The largest absolute Gasteiger partial charge is 0.397 e. The summed E-state index contributed by atoms with van der Waals surface area (Å²) in [4.78, 5) is 2.44. The minimum absolute atomic E-state index is 0.591. The lowest BCUT2D eigenvalue weighted by Crippen LogP contribution is -2.41. The second-order valence-electron chi connectivity index (χ2n) is 4.89. The van der Waals surface area contributed by atoms with Crippen molar-refractivity contribution in [1.29, 1.82) is 0 Å². The van der Waals surface area contributed by atoms with E-state index in [-0.39, 0.29) is 0 Å². The fraction of sp³-hybridized carbons (Fsp3) is 0.538. The van der Waals surface area contributed by atoms with Crippen LogP contribution in [0.1, 0.15) is 26.7 Å². The Morgan fingerprint density at radius 2 is 2.06 bits per heavy atom. The summed E-state index contributed by atoms with van der Waals surface area (Å²) < 4.78 is 1.10. The molecule has 88 valence electrons. The van der Waals surface area contributed by atoms with Crippen molar-refractivity contribution in [2.24, 2.45) is 5.92 Å². The lowest BCUT2D eigenvalue weighted by molar-refractivity contribution is 0.390. The number of hydrogen-bond donors (Lipinski definition) is 1. The molecule has 0 amide bonds. The van der Waals surface area contributed by atoms with Gasteiger partial charge in [0.25, 0.3) is 0 Å². The third-order valence-corrected chi connectivity index (χ3v) is 3.91. The maximum absolute atomic E-state index is 6.07. The Morgan fingerprint density at radius 1 is 1.31 bits per heavy atom. The van der Waals surface area contributed by atoms with Crippen molar-refractivity contribution < 1.29 is 0 Å². The Balaban J connectivity index is 2.30. The van der Waals surface area contributed by atoms with Crippen molar-refractivity contribution in [3.63, 3.8) is 0 Å². The van der Waals surface area contributed by atoms with E-state index in [1.54, 1.807) is 0 Å². The molecular formula is C13H19BrN2. The number of nitrogens with zero attached hydrogens (tertiary/aromatic N) is 1. The van der Waals surface area contributed by atoms with Crippen LogP contribution < -0.4 is 10.6 Å². The van der Waals surface area contributed by atoms with Crippen LogP contribution in [-0.4, -0.2) is 12.6 Å². The zero-order valence-corrected chi connectivity index (χ0v) is 11.5. The van der Waals surface area contributed by atoms with Gasteiger partial charge in [-0.2, -0.15) is 0 Å². The van der Waals surface area contributed by atoms with Crippen LogP contribution in [0.3, 0.4) is 0 Å². The summed E-state index contributed by atoms with van der Waals surface area (Å²) >= 11 is 3.52. The zero-order chi connectivity index (χ0) is 11.7. The van der Waals surface area contributed by atoms with Crippen LogP contribution in [0, 0.1) is 5.92 Å². The van der Waals surface area contributed by atoms with Crippen LogP contribution in [0.5, 0.6) is 0 Å². The molecule has 2 rings (SSSR count). The molecule has 3 heteroatoms. The highest BCUT2D eigenvalue weighted by Gasteiger charge is 2.24. The van der Waals surface area contributed by atoms with Gasteiger partial charge in [0.1, 0.15) is 0 Å². The highest BCUT2D eigenvalue weighted by molar-refractivity contribution is 9.10. The summed E-state index contributed by atoms with van der Waals surface area (Å²) in [5.41, 5.74) is 8.12. The quantitative estimate of drug-likeness (QED) is 0.797. The number of hydrogen-bond acceptors (Lipinski definition) is 2. The number of nitrogen functional groups attached to an aromatic ring is 1. The predicted molar refractivity (Wildman–Crippen MR) is 73.8 cm³/mol. The van der Waals surface area contributed by atoms with Crippen molar-refractivity contribution in [3.05, 3.63) is 22.7 Å². The number of rotatable bonds is 1. The Bertz CT molecular complexity index is 378. The standard InChI is InChI=1S/C13H19BrN2/c1-9-3-4-10(2)16(8-9)13-7-11(14)5-6-12(13)15/h5-7,9-10H,3-4,8,15H2,1-2H3. The number of piperidine rings is 1. The van der Waals surface area contributed by atoms with E-state index >= 15 is 0 Å². The smallest absolute Gasteiger partial charge is 0.0613 e. The van der Waals surface area contributed by atoms with Crippen LogP contribution in [0.25, 0.3) is 0 Å². The van der Waals surface area contributed by atoms with Crippen LogP contribution in [0.4, 0.5) is 11.4 Å². The molecule has 1 aromatic rings. The SMILES string of the molecule is CC1CCC(C)N(c2cc(Br)ccc2N)C1. The molecule has 0 saturated carbocycles. The van der Waals surface area contributed by atoms with Crippen molar-refractivity contribution in [1.82, 2.24) is 0 Å². The van der Waals surface area contributed by atoms with E-state index in [4.69, 9.17) is 5.73 Å². The summed E-state index contributed by atoms with van der Waals surface area (Å²) in [5.74, 6) is 0.759. The van der Waals surface area contributed by atoms with Gasteiger partial charge in [-0.05, 0) is 43.9 Å². The highest BCUT2D eigenvalue weighted by atomic mass is 79.9. The lowest BCUT2D eigenvalue weighted by atomic mass is 9.94. The molecule has 1 saturated heterocycles. The molecule has 16 heavy (non-hydrogen) atoms. The van der Waals surface area contributed by atoms with Crippen molar-refractivity contribution in [2.45, 2.75) is 32.7 Å². The summed E-state index contributed by atoms with van der Waals surface area (Å²) in [7, 11) is 0. The van der Waals surface area contributed by atoms with Gasteiger partial charge in [-0.25, -0.2) is 0 Å². The van der Waals surface area contributed by atoms with E-state index in [0.29, 0.717) is 6.04 Å². The second kappa shape index (κ2) is 4.66. The summed E-state index contributed by atoms with van der Waals surface area (Å²) in [6.07, 6.45) is 2.58. The number of benzene rings is 1. The van der Waals surface area contributed by atoms with E-state index in [0.717, 1.165) is 22.6 Å². The van der Waals surface area contributed by atoms with Crippen LogP contribution >= 0.6 is 15.9 Å². The molecule has 0 aliphatic carbocycles. The summed E-state index contributed by atoms with van der Waals surface area (Å²) in [6.45, 7) is 5.71. The van der Waals surface area contributed by atoms with E-state index in [1.807, 2.05) is 12.1 Å². The fourth-order valence-electron chi connectivity index (χ4n) is 2.39. The molecule has 1 aromatic carbocycles. The molecule has 1 fully saturated rings. The third-order valence-electron chi connectivity index (χ3n) is 3.42. The van der Waals surface area contributed by atoms with Gasteiger partial charge in [-0.15, -0.1) is 0 Å². The third kappa shape index (κ3) is 2.34. The maximum Gasteiger partial charge on any atom is 0.0613 e. The van der Waals surface area contributed by atoms with E-state index < -0.39 is 0 Å². The molecule has 2 atom stereocenters. The van der Waals surface area contributed by atoms with Crippen LogP contribution in [0.2, 0.25) is 0 Å². The molecule has 0 bridgehead atoms. The minimum atomic E-state index is 0.591. The van der Waals surface area contributed by atoms with Gasteiger partial charge in [0.15, 0.2) is 0 Å². The van der Waals surface area contributed by atoms with Crippen molar-refractivity contribution >= 4 is 27.3 Å². The van der Waals surface area contributed by atoms with Crippen LogP contribution in [-0.2, 0) is 0 Å². The maximum atomic E-state index is 6.07. The molecule has 2 unspecified atom stereocenters. The average Bonchev–Trinajstić information content (AvgIpc) is 2.25. The van der Waals surface area contributed by atoms with Crippen molar-refractivity contribution in [2.75, 3.05) is 17.2 Å². The molecule has 1 heterocycles. The van der Waals surface area contributed by atoms with E-state index in [1.165, 1.54) is 18.5 Å². The lowest BCUT2D eigenvalue weighted by Gasteiger charge is -2.39. The van der Waals surface area contributed by atoms with Crippen molar-refractivity contribution in [3.8, 4) is 0 Å². The van der Waals surface area contributed by atoms with Gasteiger partial charge in [0, 0.05) is 17.1 Å². The fourth-order valence-corrected chi connectivity index (χ4v) is 2.74. The average molecular weight is 283 g/mol. The second-order valence-corrected chi connectivity index (χ2v) is 5.80. The van der Waals surface area contributed by atoms with Gasteiger partial charge in [-0.3, -0.25) is 0 Å². The van der Waals surface area contributed by atoms with E-state index in [9.17, 15) is 0 Å². The monoisotopic (exact) mass is 282 g/mol. The molecule has 2 nitrogen and oxygen atoms in total. The van der Waals surface area contributed by atoms with Gasteiger partial charge in [-0.1, -0.05) is 22.9 Å². The predicted octanol–water partition coefficient (Wildman–Crippen LogP) is 3.66. The Hall–Kier alpha value is -0.700. The number of nitrogens with two attached hydrogens (primary N) is 1. The Morgan fingerprint density at radius 3 is 2.81 bits per heavy atom. The first-order chi connectivity index (χ1) is 7.58. The summed E-state index contributed by atoms with van der Waals surface area (Å²) in [6, 6.07) is 6.69. The zero-order valence-electron chi connectivity index (χ0n) is 9.91. The molecule has 2 N–H and O–H groups in total. The number of anilines is 2. The first-order valence-electron chi connectivity index (χ1n) is 5.89. The number of halogens is 1. The molecule has 0 aromatic heterocycles. The molecule has 0 spiro atoms. The molecular weight excluding hydrogens is 264 g/mol. The topological polar surface area (TPSA) is 29.3 Å². The van der Waals surface area contributed by atoms with Gasteiger partial charge < -0.3 is 10.6 Å². The summed E-state index contributed by atoms with van der Waals surface area (Å²) in [5, 5.41) is 0. The molecule has 0 radical (unpaired) electrons. The van der Waals surface area contributed by atoms with Crippen LogP contribution in [0.15, 0.2) is 22.7 Å². The Labute approximate surface area is 106 Å². The van der Waals surface area contributed by atoms with E-state index in [2.05, 4.69) is 40.7 Å². The minimum Gasteiger partial charge on any atom is -0.397 e. The normalized spacial score (nSPS) is 25.8. The van der Waals surface area contributed by atoms with Gasteiger partial charge in [0.05, 0.1) is 11.4 Å². The highest BCUT2D eigenvalue weighted by Crippen LogP contribution is 2.33. The van der Waals surface area contributed by atoms with Gasteiger partial charge >= 0.3 is 0 Å². The van der Waals surface area contributed by atoms with Gasteiger partial charge in [0.2, 0.25) is 0 Å². The first-order valence-corrected chi connectivity index (χ1v) is 6.69. The Kier molecular flexibility index (Phi) is 3.43. The molecule has 1 aliphatic rings. The molecule has 1 aliphatic heterocycles.